The van der Waals surface area contributed by atoms with Gasteiger partial charge in [-0.05, 0) is 0 Å². The number of unbranched alkanes of at least 4 members (excludes halogenated alkanes) is 2. The minimum absolute atomic E-state index is 0.124. The number of aliphatic carboxylic acids is 1. The van der Waals surface area contributed by atoms with Gasteiger partial charge in [-0.3, -0.25) is 0 Å². The monoisotopic (exact) mass is 411 g/mol. The molecule has 0 radical (unpaired) electrons. The number of benzene rings is 2. The van der Waals surface area contributed by atoms with Crippen LogP contribution in [0.4, 0.5) is 0 Å². The number of ether oxygens (including phenoxy) is 1. The van der Waals surface area contributed by atoms with Crippen molar-refractivity contribution in [3.05, 3.63) is 61.7 Å². The van der Waals surface area contributed by atoms with Crippen molar-refractivity contribution in [1.82, 2.24) is 0 Å². The average molecular weight is 411 g/mol. The SMILES string of the molecule is O=C(O)CCCCCOc1ccc([I-]c2ccccc2)cc1. The van der Waals surface area contributed by atoms with Crippen molar-refractivity contribution in [2.75, 3.05) is 6.61 Å². The van der Waals surface area contributed by atoms with Crippen molar-refractivity contribution >= 4 is 5.97 Å². The third-order valence-corrected chi connectivity index (χ3v) is 5.75. The Hall–Kier alpha value is -1.56. The van der Waals surface area contributed by atoms with Crippen LogP contribution in [-0.2, 0) is 4.79 Å². The van der Waals surface area contributed by atoms with E-state index < -0.39 is 5.97 Å². The predicted octanol–water partition coefficient (Wildman–Crippen LogP) is 0.839. The van der Waals surface area contributed by atoms with Crippen LogP contribution in [0.5, 0.6) is 5.75 Å². The Morgan fingerprint density at radius 2 is 1.59 bits per heavy atom. The summed E-state index contributed by atoms with van der Waals surface area (Å²) in [5.41, 5.74) is 0. The van der Waals surface area contributed by atoms with E-state index >= 15 is 0 Å². The zero-order chi connectivity index (χ0) is 15.6. The molecule has 22 heavy (non-hydrogen) atoms. The Kier molecular flexibility index (Phi) is 7.22. The average Bonchev–Trinajstić information content (AvgIpc) is 2.53. The van der Waals surface area contributed by atoms with Gasteiger partial charge in [-0.15, -0.1) is 0 Å². The standard InChI is InChI=1S/C18H20IO3/c20-18(21)9-5-2-6-14-22-17-12-10-16(11-13-17)19-15-7-3-1-4-8-15/h1,3-4,7-8,10-13H,2,5-6,9,14H2,(H,20,21)/q-1. The molecule has 118 valence electrons. The molecule has 0 spiro atoms. The van der Waals surface area contributed by atoms with E-state index in [1.165, 1.54) is 7.14 Å². The third kappa shape index (κ3) is 6.47. The molecule has 3 nitrogen and oxygen atoms in total. The zero-order valence-corrected chi connectivity index (χ0v) is 14.5. The molecule has 0 unspecified atom stereocenters. The van der Waals surface area contributed by atoms with Crippen LogP contribution in [0, 0.1) is 7.14 Å². The van der Waals surface area contributed by atoms with E-state index in [4.69, 9.17) is 9.84 Å². The fraction of sp³-hybridized carbons (Fsp3) is 0.278. The second kappa shape index (κ2) is 9.46. The summed E-state index contributed by atoms with van der Waals surface area (Å²) in [7, 11) is 0. The van der Waals surface area contributed by atoms with Crippen molar-refractivity contribution in [3.63, 3.8) is 0 Å². The number of rotatable bonds is 9. The van der Waals surface area contributed by atoms with Crippen molar-refractivity contribution in [2.45, 2.75) is 25.7 Å². The normalized spacial score (nSPS) is 10.5. The van der Waals surface area contributed by atoms with Crippen LogP contribution in [0.15, 0.2) is 54.6 Å². The number of hydrogen-bond acceptors (Lipinski definition) is 2. The first-order valence-corrected chi connectivity index (χ1v) is 9.54. The summed E-state index contributed by atoms with van der Waals surface area (Å²) >= 11 is -0.124. The van der Waals surface area contributed by atoms with Crippen LogP contribution in [0.25, 0.3) is 0 Å². The summed E-state index contributed by atoms with van der Waals surface area (Å²) in [6.45, 7) is 0.646. The van der Waals surface area contributed by atoms with Gasteiger partial charge in [-0.25, -0.2) is 0 Å². The van der Waals surface area contributed by atoms with Crippen LogP contribution in [0.3, 0.4) is 0 Å². The quantitative estimate of drug-likeness (QED) is 0.492. The molecular formula is C18H20IO3-. The summed E-state index contributed by atoms with van der Waals surface area (Å²) in [4.78, 5) is 10.4. The summed E-state index contributed by atoms with van der Waals surface area (Å²) in [5, 5.41) is 8.55. The topological polar surface area (TPSA) is 46.5 Å². The van der Waals surface area contributed by atoms with E-state index in [0.717, 1.165) is 25.0 Å². The number of carboxylic acids is 1. The van der Waals surface area contributed by atoms with Crippen molar-refractivity contribution < 1.29 is 35.8 Å². The zero-order valence-electron chi connectivity index (χ0n) is 12.4. The van der Waals surface area contributed by atoms with Crippen LogP contribution in [0.1, 0.15) is 25.7 Å². The maximum atomic E-state index is 10.4. The molecule has 0 heterocycles. The van der Waals surface area contributed by atoms with Gasteiger partial charge >= 0.3 is 142 Å². The number of hydrogen-bond donors (Lipinski definition) is 1. The van der Waals surface area contributed by atoms with Crippen LogP contribution < -0.4 is 25.9 Å². The second-order valence-electron chi connectivity index (χ2n) is 4.90. The maximum absolute atomic E-state index is 10.4. The molecule has 4 heteroatoms. The summed E-state index contributed by atoms with van der Waals surface area (Å²) in [6, 6.07) is 18.9. The molecule has 0 aliphatic rings. The van der Waals surface area contributed by atoms with E-state index in [2.05, 4.69) is 36.4 Å². The van der Waals surface area contributed by atoms with Gasteiger partial charge in [0.2, 0.25) is 0 Å². The molecule has 2 aromatic rings. The fourth-order valence-electron chi connectivity index (χ4n) is 1.94. The Morgan fingerprint density at radius 3 is 2.27 bits per heavy atom. The molecule has 0 aromatic heterocycles. The molecule has 0 saturated heterocycles. The van der Waals surface area contributed by atoms with Crippen LogP contribution >= 0.6 is 0 Å². The first kappa shape index (κ1) is 16.8. The third-order valence-electron chi connectivity index (χ3n) is 3.07. The van der Waals surface area contributed by atoms with Crippen molar-refractivity contribution in [3.8, 4) is 5.75 Å². The van der Waals surface area contributed by atoms with Gasteiger partial charge < -0.3 is 0 Å². The number of halogens is 1. The molecule has 0 aliphatic heterocycles. The van der Waals surface area contributed by atoms with E-state index in [9.17, 15) is 4.79 Å². The van der Waals surface area contributed by atoms with Gasteiger partial charge in [0.1, 0.15) is 0 Å². The first-order valence-electron chi connectivity index (χ1n) is 7.38. The first-order chi connectivity index (χ1) is 10.7. The Morgan fingerprint density at radius 1 is 0.909 bits per heavy atom. The molecule has 0 fully saturated rings. The molecule has 1 N–H and O–H groups in total. The Bertz CT molecular complexity index is 567. The minimum atomic E-state index is -0.724. The number of carboxylic acid groups (broad SMARTS) is 1. The van der Waals surface area contributed by atoms with Crippen LogP contribution in [0.2, 0.25) is 0 Å². The van der Waals surface area contributed by atoms with E-state index in [1.54, 1.807) is 0 Å². The summed E-state index contributed by atoms with van der Waals surface area (Å²) in [6.07, 6.45) is 2.76. The van der Waals surface area contributed by atoms with Gasteiger partial charge in [0.15, 0.2) is 0 Å². The van der Waals surface area contributed by atoms with Gasteiger partial charge in [-0.2, -0.15) is 0 Å². The van der Waals surface area contributed by atoms with Gasteiger partial charge in [0.05, 0.1) is 0 Å². The number of carbonyl (C=O) groups is 1. The Balaban J connectivity index is 1.69. The molecule has 0 bridgehead atoms. The molecule has 2 aromatic carbocycles. The Labute approximate surface area is 141 Å². The molecular weight excluding hydrogens is 391 g/mol. The van der Waals surface area contributed by atoms with Gasteiger partial charge in [-0.1, -0.05) is 0 Å². The van der Waals surface area contributed by atoms with Crippen molar-refractivity contribution in [1.29, 1.82) is 0 Å². The summed E-state index contributed by atoms with van der Waals surface area (Å²) < 4.78 is 8.47. The van der Waals surface area contributed by atoms with Crippen molar-refractivity contribution in [2.24, 2.45) is 0 Å². The summed E-state index contributed by atoms with van der Waals surface area (Å²) in [5.74, 6) is 0.164. The van der Waals surface area contributed by atoms with E-state index in [0.29, 0.717) is 6.61 Å². The fourth-order valence-corrected chi connectivity index (χ4v) is 4.16. The molecule has 2 rings (SSSR count). The van der Waals surface area contributed by atoms with E-state index in [1.807, 2.05) is 18.2 Å². The molecule has 0 atom stereocenters. The molecule has 0 aliphatic carbocycles. The predicted molar refractivity (Wildman–Crippen MR) is 81.9 cm³/mol. The van der Waals surface area contributed by atoms with E-state index in [-0.39, 0.29) is 27.6 Å². The van der Waals surface area contributed by atoms with Crippen LogP contribution in [-0.4, -0.2) is 17.7 Å². The van der Waals surface area contributed by atoms with Gasteiger partial charge in [0, 0.05) is 0 Å². The molecule has 0 amide bonds. The van der Waals surface area contributed by atoms with Gasteiger partial charge in [0.25, 0.3) is 0 Å². The molecule has 0 saturated carbocycles. The second-order valence-corrected chi connectivity index (χ2v) is 7.93.